The highest BCUT2D eigenvalue weighted by Gasteiger charge is 2.23. The van der Waals surface area contributed by atoms with Crippen LogP contribution in [0.3, 0.4) is 0 Å². The van der Waals surface area contributed by atoms with Gasteiger partial charge in [0.25, 0.3) is 0 Å². The van der Waals surface area contributed by atoms with Crippen LogP contribution in [-0.2, 0) is 4.79 Å². The van der Waals surface area contributed by atoms with Gasteiger partial charge >= 0.3 is 0 Å². The van der Waals surface area contributed by atoms with Crippen molar-refractivity contribution in [1.29, 1.82) is 0 Å². The molecule has 0 spiro atoms. The molecule has 1 rings (SSSR count). The first-order valence-electron chi connectivity index (χ1n) is 5.29. The summed E-state index contributed by atoms with van der Waals surface area (Å²) in [6, 6.07) is 0. The van der Waals surface area contributed by atoms with E-state index in [1.165, 1.54) is 0 Å². The number of piperidine rings is 1. The van der Waals surface area contributed by atoms with E-state index in [1.807, 2.05) is 18.7 Å². The first kappa shape index (κ1) is 13.7. The Hall–Kier alpha value is -0.280. The fourth-order valence-corrected chi connectivity index (χ4v) is 1.86. The van der Waals surface area contributed by atoms with Gasteiger partial charge in [-0.1, -0.05) is 0 Å². The summed E-state index contributed by atoms with van der Waals surface area (Å²) in [5, 5.41) is 3.27. The summed E-state index contributed by atoms with van der Waals surface area (Å²) in [7, 11) is 0. The predicted molar refractivity (Wildman–Crippen MR) is 60.8 cm³/mol. The fourth-order valence-electron chi connectivity index (χ4n) is 1.86. The van der Waals surface area contributed by atoms with Gasteiger partial charge in [-0.25, -0.2) is 0 Å². The van der Waals surface area contributed by atoms with Crippen LogP contribution in [0.4, 0.5) is 0 Å². The van der Waals surface area contributed by atoms with Crippen molar-refractivity contribution in [2.75, 3.05) is 26.2 Å². The molecule has 1 saturated heterocycles. The van der Waals surface area contributed by atoms with Gasteiger partial charge in [-0.3, -0.25) is 4.79 Å². The van der Waals surface area contributed by atoms with Crippen LogP contribution < -0.4 is 5.32 Å². The fraction of sp³-hybridized carbons (Fsp3) is 0.900. The molecule has 0 atom stereocenters. The van der Waals surface area contributed by atoms with Gasteiger partial charge in [0, 0.05) is 19.0 Å². The van der Waals surface area contributed by atoms with Gasteiger partial charge in [0.15, 0.2) is 0 Å². The number of hydrogen-bond donors (Lipinski definition) is 1. The summed E-state index contributed by atoms with van der Waals surface area (Å²) in [5.74, 6) is 0.632. The molecular weight excluding hydrogens is 200 g/mol. The highest BCUT2D eigenvalue weighted by atomic mass is 35.5. The highest BCUT2D eigenvalue weighted by molar-refractivity contribution is 5.85. The smallest absolute Gasteiger partial charge is 0.225 e. The van der Waals surface area contributed by atoms with Crippen LogP contribution in [0.15, 0.2) is 0 Å². The van der Waals surface area contributed by atoms with Crippen LogP contribution in [0.1, 0.15) is 26.7 Å². The average Bonchev–Trinajstić information content (AvgIpc) is 2.21. The van der Waals surface area contributed by atoms with E-state index < -0.39 is 0 Å². The van der Waals surface area contributed by atoms with Crippen molar-refractivity contribution in [3.05, 3.63) is 0 Å². The molecule has 3 nitrogen and oxygen atoms in total. The van der Waals surface area contributed by atoms with E-state index in [2.05, 4.69) is 5.32 Å². The molecule has 1 N–H and O–H groups in total. The minimum absolute atomic E-state index is 0. The van der Waals surface area contributed by atoms with Crippen molar-refractivity contribution in [3.63, 3.8) is 0 Å². The third kappa shape index (κ3) is 3.46. The number of amides is 1. The van der Waals surface area contributed by atoms with Crippen molar-refractivity contribution in [2.24, 2.45) is 5.92 Å². The van der Waals surface area contributed by atoms with E-state index in [4.69, 9.17) is 0 Å². The topological polar surface area (TPSA) is 32.3 Å². The quantitative estimate of drug-likeness (QED) is 0.777. The van der Waals surface area contributed by atoms with Gasteiger partial charge in [0.05, 0.1) is 0 Å². The first-order chi connectivity index (χ1) is 6.29. The van der Waals surface area contributed by atoms with Gasteiger partial charge in [-0.05, 0) is 39.8 Å². The minimum atomic E-state index is 0. The van der Waals surface area contributed by atoms with Crippen LogP contribution in [0.5, 0.6) is 0 Å². The molecule has 4 heteroatoms. The van der Waals surface area contributed by atoms with Gasteiger partial charge in [-0.2, -0.15) is 0 Å². The molecule has 0 aromatic rings. The molecule has 1 aliphatic rings. The summed E-state index contributed by atoms with van der Waals surface area (Å²) < 4.78 is 0. The van der Waals surface area contributed by atoms with Crippen molar-refractivity contribution in [3.8, 4) is 0 Å². The number of carbonyl (C=O) groups excluding carboxylic acids is 1. The molecule has 0 aliphatic carbocycles. The lowest BCUT2D eigenvalue weighted by Gasteiger charge is -2.27. The van der Waals surface area contributed by atoms with E-state index >= 15 is 0 Å². The maximum absolute atomic E-state index is 11.9. The zero-order valence-electron chi connectivity index (χ0n) is 9.08. The van der Waals surface area contributed by atoms with Crippen LogP contribution in [0.2, 0.25) is 0 Å². The second-order valence-electron chi connectivity index (χ2n) is 3.53. The summed E-state index contributed by atoms with van der Waals surface area (Å²) in [6.45, 7) is 7.78. The molecule has 1 aliphatic heterocycles. The molecule has 14 heavy (non-hydrogen) atoms. The summed E-state index contributed by atoms with van der Waals surface area (Å²) in [4.78, 5) is 13.8. The lowest BCUT2D eigenvalue weighted by atomic mass is 9.96. The van der Waals surface area contributed by atoms with Crippen molar-refractivity contribution >= 4 is 18.3 Å². The molecule has 0 aromatic carbocycles. The molecule has 0 unspecified atom stereocenters. The van der Waals surface area contributed by atoms with Crippen LogP contribution >= 0.6 is 12.4 Å². The summed E-state index contributed by atoms with van der Waals surface area (Å²) in [5.41, 5.74) is 0. The van der Waals surface area contributed by atoms with Crippen LogP contribution in [-0.4, -0.2) is 37.0 Å². The van der Waals surface area contributed by atoms with Gasteiger partial charge in [0.2, 0.25) is 5.91 Å². The molecule has 1 fully saturated rings. The van der Waals surface area contributed by atoms with Crippen molar-refractivity contribution in [2.45, 2.75) is 26.7 Å². The minimum Gasteiger partial charge on any atom is -0.343 e. The number of nitrogens with zero attached hydrogens (tertiary/aromatic N) is 1. The molecule has 0 radical (unpaired) electrons. The standard InChI is InChI=1S/C10H20N2O.ClH/c1-3-12(4-2)10(13)9-5-7-11-8-6-9;/h9,11H,3-8H2,1-2H3;1H. The zero-order chi connectivity index (χ0) is 9.68. The monoisotopic (exact) mass is 220 g/mol. The Kier molecular flexibility index (Phi) is 6.93. The zero-order valence-corrected chi connectivity index (χ0v) is 9.90. The number of halogens is 1. The number of rotatable bonds is 3. The Morgan fingerprint density at radius 3 is 2.21 bits per heavy atom. The largest absolute Gasteiger partial charge is 0.343 e. The number of hydrogen-bond acceptors (Lipinski definition) is 2. The van der Waals surface area contributed by atoms with E-state index in [-0.39, 0.29) is 18.3 Å². The van der Waals surface area contributed by atoms with E-state index in [0.717, 1.165) is 39.0 Å². The Balaban J connectivity index is 0.00000169. The second-order valence-corrected chi connectivity index (χ2v) is 3.53. The Morgan fingerprint density at radius 2 is 1.79 bits per heavy atom. The number of carbonyl (C=O) groups is 1. The van der Waals surface area contributed by atoms with E-state index in [1.54, 1.807) is 0 Å². The second kappa shape index (κ2) is 7.07. The molecule has 1 heterocycles. The Labute approximate surface area is 92.6 Å². The van der Waals surface area contributed by atoms with E-state index in [0.29, 0.717) is 5.91 Å². The molecule has 84 valence electrons. The molecule has 0 aromatic heterocycles. The molecular formula is C10H21ClN2O. The lowest BCUT2D eigenvalue weighted by Crippen LogP contribution is -2.40. The SMILES string of the molecule is CCN(CC)C(=O)C1CCNCC1.Cl. The molecule has 1 amide bonds. The number of nitrogens with one attached hydrogen (secondary N) is 1. The average molecular weight is 221 g/mol. The maximum Gasteiger partial charge on any atom is 0.225 e. The summed E-state index contributed by atoms with van der Waals surface area (Å²) >= 11 is 0. The first-order valence-corrected chi connectivity index (χ1v) is 5.29. The predicted octanol–water partition coefficient (Wildman–Crippen LogP) is 1.28. The van der Waals surface area contributed by atoms with Crippen LogP contribution in [0.25, 0.3) is 0 Å². The van der Waals surface area contributed by atoms with Gasteiger partial charge in [-0.15, -0.1) is 12.4 Å². The third-order valence-corrected chi connectivity index (χ3v) is 2.76. The Morgan fingerprint density at radius 1 is 1.29 bits per heavy atom. The van der Waals surface area contributed by atoms with Crippen LogP contribution in [0, 0.1) is 5.92 Å². The van der Waals surface area contributed by atoms with Crippen molar-refractivity contribution < 1.29 is 4.79 Å². The maximum atomic E-state index is 11.9. The van der Waals surface area contributed by atoms with Crippen molar-refractivity contribution in [1.82, 2.24) is 10.2 Å². The summed E-state index contributed by atoms with van der Waals surface area (Å²) in [6.07, 6.45) is 2.02. The van der Waals surface area contributed by atoms with E-state index in [9.17, 15) is 4.79 Å². The molecule has 0 bridgehead atoms. The van der Waals surface area contributed by atoms with Gasteiger partial charge < -0.3 is 10.2 Å². The van der Waals surface area contributed by atoms with Gasteiger partial charge in [0.1, 0.15) is 0 Å². The normalized spacial score (nSPS) is 17.3. The lowest BCUT2D eigenvalue weighted by molar-refractivity contribution is -0.135. The molecule has 0 saturated carbocycles. The third-order valence-electron chi connectivity index (χ3n) is 2.76. The Bertz CT molecular complexity index is 166. The highest BCUT2D eigenvalue weighted by Crippen LogP contribution is 2.14.